The molecule has 0 aliphatic rings. The molecule has 0 fully saturated rings. The van der Waals surface area contributed by atoms with Crippen LogP contribution in [0.5, 0.6) is 5.75 Å². The van der Waals surface area contributed by atoms with Gasteiger partial charge in [0.05, 0.1) is 7.11 Å². The van der Waals surface area contributed by atoms with Gasteiger partial charge in [0, 0.05) is 19.1 Å². The number of hydrogen-bond acceptors (Lipinski definition) is 3. The molecule has 0 heterocycles. The van der Waals surface area contributed by atoms with Crippen LogP contribution < -0.4 is 4.74 Å². The van der Waals surface area contributed by atoms with Crippen molar-refractivity contribution in [2.24, 2.45) is 0 Å². The monoisotopic (exact) mass is 249 g/mol. The Balaban J connectivity index is 3.42. The van der Waals surface area contributed by atoms with Crippen molar-refractivity contribution in [1.82, 2.24) is 4.31 Å². The van der Waals surface area contributed by atoms with Gasteiger partial charge in [-0.25, -0.2) is 12.7 Å². The molecule has 15 heavy (non-hydrogen) atoms. The molecular formula is C9H12ClNO3S. The molecule has 0 atom stereocenters. The number of rotatable bonds is 3. The molecule has 1 rings (SSSR count). The third-order valence-corrected chi connectivity index (χ3v) is 3.96. The van der Waals surface area contributed by atoms with Crippen molar-refractivity contribution >= 4 is 21.6 Å². The molecule has 1 aromatic rings. The molecule has 0 saturated heterocycles. The molecule has 0 bridgehead atoms. The summed E-state index contributed by atoms with van der Waals surface area (Å²) >= 11 is 5.75. The van der Waals surface area contributed by atoms with Gasteiger partial charge in [-0.1, -0.05) is 11.6 Å². The molecule has 0 radical (unpaired) electrons. The molecule has 0 N–H and O–H groups in total. The third kappa shape index (κ3) is 2.42. The largest absolute Gasteiger partial charge is 0.495 e. The highest BCUT2D eigenvalue weighted by Crippen LogP contribution is 2.28. The second kappa shape index (κ2) is 4.38. The lowest BCUT2D eigenvalue weighted by Crippen LogP contribution is -2.22. The molecule has 4 nitrogen and oxygen atoms in total. The summed E-state index contributed by atoms with van der Waals surface area (Å²) in [6.07, 6.45) is 0. The SMILES string of the molecule is COc1ccc(Cl)cc1S(=O)(=O)N(C)C. The topological polar surface area (TPSA) is 46.6 Å². The van der Waals surface area contributed by atoms with Crippen molar-refractivity contribution in [3.8, 4) is 5.75 Å². The minimum Gasteiger partial charge on any atom is -0.495 e. The van der Waals surface area contributed by atoms with Crippen LogP contribution in [0.25, 0.3) is 0 Å². The molecule has 84 valence electrons. The van der Waals surface area contributed by atoms with Crippen LogP contribution in [-0.2, 0) is 10.0 Å². The van der Waals surface area contributed by atoms with Gasteiger partial charge in [-0.3, -0.25) is 0 Å². The van der Waals surface area contributed by atoms with E-state index in [1.165, 1.54) is 33.3 Å². The van der Waals surface area contributed by atoms with Crippen LogP contribution in [0.1, 0.15) is 0 Å². The Kier molecular flexibility index (Phi) is 3.59. The van der Waals surface area contributed by atoms with Crippen LogP contribution in [-0.4, -0.2) is 33.9 Å². The van der Waals surface area contributed by atoms with Crippen LogP contribution >= 0.6 is 11.6 Å². The summed E-state index contributed by atoms with van der Waals surface area (Å²) in [5.74, 6) is 0.285. The summed E-state index contributed by atoms with van der Waals surface area (Å²) in [6, 6.07) is 4.48. The normalized spacial score (nSPS) is 11.8. The summed E-state index contributed by atoms with van der Waals surface area (Å²) in [7, 11) is 0.804. The van der Waals surface area contributed by atoms with Crippen molar-refractivity contribution in [1.29, 1.82) is 0 Å². The van der Waals surface area contributed by atoms with Crippen molar-refractivity contribution in [2.45, 2.75) is 4.90 Å². The number of methoxy groups -OCH3 is 1. The minimum absolute atomic E-state index is 0.0718. The average molecular weight is 250 g/mol. The lowest BCUT2D eigenvalue weighted by Gasteiger charge is -2.14. The predicted molar refractivity (Wildman–Crippen MR) is 58.9 cm³/mol. The molecule has 0 saturated carbocycles. The Morgan fingerprint density at radius 2 is 1.93 bits per heavy atom. The van der Waals surface area contributed by atoms with Gasteiger partial charge in [-0.05, 0) is 18.2 Å². The third-order valence-electron chi connectivity index (χ3n) is 1.88. The Bertz CT molecular complexity index is 456. The first-order valence-corrected chi connectivity index (χ1v) is 5.97. The van der Waals surface area contributed by atoms with E-state index in [0.717, 1.165) is 4.31 Å². The van der Waals surface area contributed by atoms with Gasteiger partial charge in [-0.2, -0.15) is 0 Å². The van der Waals surface area contributed by atoms with Crippen LogP contribution in [0.4, 0.5) is 0 Å². The standard InChI is InChI=1S/C9H12ClNO3S/c1-11(2)15(12,13)9-6-7(10)4-5-8(9)14-3/h4-6H,1-3H3. The van der Waals surface area contributed by atoms with E-state index in [1.54, 1.807) is 6.07 Å². The summed E-state index contributed by atoms with van der Waals surface area (Å²) in [5, 5.41) is 0.358. The maximum Gasteiger partial charge on any atom is 0.246 e. The van der Waals surface area contributed by atoms with E-state index >= 15 is 0 Å². The zero-order valence-corrected chi connectivity index (χ0v) is 10.3. The highest BCUT2D eigenvalue weighted by Gasteiger charge is 2.22. The lowest BCUT2D eigenvalue weighted by atomic mass is 10.3. The number of halogens is 1. The van der Waals surface area contributed by atoms with Gasteiger partial charge in [-0.15, -0.1) is 0 Å². The van der Waals surface area contributed by atoms with Crippen LogP contribution in [0.3, 0.4) is 0 Å². The van der Waals surface area contributed by atoms with Gasteiger partial charge < -0.3 is 4.74 Å². The van der Waals surface area contributed by atoms with E-state index in [-0.39, 0.29) is 10.6 Å². The molecule has 0 aromatic heterocycles. The Morgan fingerprint density at radius 1 is 1.33 bits per heavy atom. The second-order valence-corrected chi connectivity index (χ2v) is 5.64. The summed E-state index contributed by atoms with van der Waals surface area (Å²) in [6.45, 7) is 0. The quantitative estimate of drug-likeness (QED) is 0.818. The van der Waals surface area contributed by atoms with Crippen LogP contribution in [0, 0.1) is 0 Å². The highest BCUT2D eigenvalue weighted by molar-refractivity contribution is 7.89. The Morgan fingerprint density at radius 3 is 2.40 bits per heavy atom. The number of benzene rings is 1. The fraction of sp³-hybridized carbons (Fsp3) is 0.333. The zero-order valence-electron chi connectivity index (χ0n) is 8.69. The van der Waals surface area contributed by atoms with E-state index in [4.69, 9.17) is 16.3 Å². The maximum atomic E-state index is 11.9. The molecule has 0 aliphatic carbocycles. The first-order valence-electron chi connectivity index (χ1n) is 4.15. The van der Waals surface area contributed by atoms with Gasteiger partial charge in [0.1, 0.15) is 10.6 Å². The number of sulfonamides is 1. The minimum atomic E-state index is -3.52. The second-order valence-electron chi connectivity index (χ2n) is 3.08. The van der Waals surface area contributed by atoms with Gasteiger partial charge in [0.15, 0.2) is 0 Å². The van der Waals surface area contributed by atoms with E-state index in [0.29, 0.717) is 5.02 Å². The van der Waals surface area contributed by atoms with Crippen LogP contribution in [0.2, 0.25) is 5.02 Å². The average Bonchev–Trinajstić information content (AvgIpc) is 2.17. The summed E-state index contributed by atoms with van der Waals surface area (Å²) in [4.78, 5) is 0.0718. The maximum absolute atomic E-state index is 11.9. The van der Waals surface area contributed by atoms with E-state index < -0.39 is 10.0 Å². The highest BCUT2D eigenvalue weighted by atomic mass is 35.5. The molecular weight excluding hydrogens is 238 g/mol. The molecule has 0 aliphatic heterocycles. The number of hydrogen-bond donors (Lipinski definition) is 0. The van der Waals surface area contributed by atoms with Crippen LogP contribution in [0.15, 0.2) is 23.1 Å². The first-order chi connectivity index (χ1) is 6.89. The van der Waals surface area contributed by atoms with Gasteiger partial charge in [0.25, 0.3) is 0 Å². The lowest BCUT2D eigenvalue weighted by molar-refractivity contribution is 0.400. The summed E-state index contributed by atoms with van der Waals surface area (Å²) in [5.41, 5.74) is 0. The smallest absolute Gasteiger partial charge is 0.246 e. The number of ether oxygens (including phenoxy) is 1. The van der Waals surface area contributed by atoms with Gasteiger partial charge in [0.2, 0.25) is 10.0 Å². The van der Waals surface area contributed by atoms with Crippen molar-refractivity contribution < 1.29 is 13.2 Å². The fourth-order valence-corrected chi connectivity index (χ4v) is 2.36. The van der Waals surface area contributed by atoms with Gasteiger partial charge >= 0.3 is 0 Å². The van der Waals surface area contributed by atoms with E-state index in [1.807, 2.05) is 0 Å². The van der Waals surface area contributed by atoms with Crippen molar-refractivity contribution in [3.05, 3.63) is 23.2 Å². The number of nitrogens with zero attached hydrogens (tertiary/aromatic N) is 1. The van der Waals surface area contributed by atoms with E-state index in [2.05, 4.69) is 0 Å². The first kappa shape index (κ1) is 12.3. The Hall–Kier alpha value is -0.780. The zero-order chi connectivity index (χ0) is 11.6. The Labute approximate surface area is 94.5 Å². The fourth-order valence-electron chi connectivity index (χ4n) is 1.05. The van der Waals surface area contributed by atoms with Crippen molar-refractivity contribution in [3.63, 3.8) is 0 Å². The van der Waals surface area contributed by atoms with E-state index in [9.17, 15) is 8.42 Å². The molecule has 0 unspecified atom stereocenters. The molecule has 0 spiro atoms. The molecule has 0 amide bonds. The predicted octanol–water partition coefficient (Wildman–Crippen LogP) is 1.60. The summed E-state index contributed by atoms with van der Waals surface area (Å²) < 4.78 is 29.8. The van der Waals surface area contributed by atoms with Crippen molar-refractivity contribution in [2.75, 3.05) is 21.2 Å². The molecule has 1 aromatic carbocycles. The molecule has 6 heteroatoms.